The molecule has 208 valence electrons. The van der Waals surface area contributed by atoms with E-state index in [2.05, 4.69) is 17.6 Å². The van der Waals surface area contributed by atoms with Gasteiger partial charge in [0.2, 0.25) is 5.91 Å². The van der Waals surface area contributed by atoms with Crippen molar-refractivity contribution in [2.75, 3.05) is 12.9 Å². The standard InChI is InChI=1S/C29H40N2O6S/c1-6-8-16-29(7-2)19-38(35,36)24-17-21(14-15-25(32)30-28(3,4)27(33)34)23(37-5)18-22(24)26(31-29)20-12-10-9-11-13-20/h9-13,17-18,26,31H,6-8,14-16,19H2,1-5H3,(H,30,32)(H,33,34)/t26-,29-/m1/s1. The number of aliphatic carboxylic acids is 1. The zero-order valence-electron chi connectivity index (χ0n) is 23.0. The number of rotatable bonds is 11. The molecule has 2 aromatic rings. The van der Waals surface area contributed by atoms with Crippen molar-refractivity contribution in [2.45, 2.75) is 88.2 Å². The van der Waals surface area contributed by atoms with E-state index in [9.17, 15) is 23.1 Å². The maximum atomic E-state index is 13.9. The highest BCUT2D eigenvalue weighted by molar-refractivity contribution is 7.91. The van der Waals surface area contributed by atoms with Crippen molar-refractivity contribution in [3.8, 4) is 5.75 Å². The van der Waals surface area contributed by atoms with E-state index in [0.29, 0.717) is 23.3 Å². The van der Waals surface area contributed by atoms with Crippen LogP contribution in [0.15, 0.2) is 47.4 Å². The number of benzene rings is 2. The van der Waals surface area contributed by atoms with E-state index in [4.69, 9.17) is 4.74 Å². The van der Waals surface area contributed by atoms with Crippen molar-refractivity contribution in [2.24, 2.45) is 0 Å². The maximum absolute atomic E-state index is 13.9. The molecule has 0 bridgehead atoms. The summed E-state index contributed by atoms with van der Waals surface area (Å²) >= 11 is 0. The van der Waals surface area contributed by atoms with E-state index in [1.165, 1.54) is 21.0 Å². The number of carbonyl (C=O) groups excluding carboxylic acids is 1. The molecule has 0 saturated carbocycles. The van der Waals surface area contributed by atoms with Crippen LogP contribution in [0.4, 0.5) is 0 Å². The van der Waals surface area contributed by atoms with E-state index < -0.39 is 32.8 Å². The molecular formula is C29H40N2O6S. The molecule has 1 aliphatic rings. The first-order chi connectivity index (χ1) is 17.9. The van der Waals surface area contributed by atoms with Crippen molar-refractivity contribution in [3.63, 3.8) is 0 Å². The highest BCUT2D eigenvalue weighted by Gasteiger charge is 2.42. The number of carboxylic acids is 1. The smallest absolute Gasteiger partial charge is 0.328 e. The molecular weight excluding hydrogens is 504 g/mol. The van der Waals surface area contributed by atoms with Gasteiger partial charge < -0.3 is 15.2 Å². The van der Waals surface area contributed by atoms with Crippen LogP contribution in [0.2, 0.25) is 0 Å². The van der Waals surface area contributed by atoms with E-state index in [1.807, 2.05) is 37.3 Å². The number of nitrogens with one attached hydrogen (secondary N) is 2. The SMILES string of the molecule is CCCC[C@]1(CC)CS(=O)(=O)c2cc(CCC(=O)NC(C)(C)C(=O)O)c(OC)cc2[C@@H](c2ccccc2)N1. The fourth-order valence-corrected chi connectivity index (χ4v) is 7.20. The summed E-state index contributed by atoms with van der Waals surface area (Å²) in [6, 6.07) is 12.9. The first-order valence-electron chi connectivity index (χ1n) is 13.2. The Kier molecular flexibility index (Phi) is 9.26. The predicted molar refractivity (Wildman–Crippen MR) is 147 cm³/mol. The van der Waals surface area contributed by atoms with Crippen LogP contribution in [0.25, 0.3) is 0 Å². The van der Waals surface area contributed by atoms with E-state index in [0.717, 1.165) is 24.8 Å². The summed E-state index contributed by atoms with van der Waals surface area (Å²) in [4.78, 5) is 24.1. The third kappa shape index (κ3) is 6.56. The summed E-state index contributed by atoms with van der Waals surface area (Å²) in [7, 11) is -2.17. The van der Waals surface area contributed by atoms with Crippen LogP contribution in [-0.4, -0.2) is 49.3 Å². The van der Waals surface area contributed by atoms with Gasteiger partial charge in [0, 0.05) is 12.0 Å². The zero-order valence-corrected chi connectivity index (χ0v) is 23.8. The second-order valence-corrected chi connectivity index (χ2v) is 12.6. The molecule has 38 heavy (non-hydrogen) atoms. The Balaban J connectivity index is 2.08. The van der Waals surface area contributed by atoms with Gasteiger partial charge in [0.25, 0.3) is 0 Å². The number of ether oxygens (including phenoxy) is 1. The number of hydrogen-bond donors (Lipinski definition) is 3. The number of sulfone groups is 1. The monoisotopic (exact) mass is 544 g/mol. The summed E-state index contributed by atoms with van der Waals surface area (Å²) in [6.07, 6.45) is 3.45. The molecule has 8 nitrogen and oxygen atoms in total. The number of aryl methyl sites for hydroxylation is 1. The quantitative estimate of drug-likeness (QED) is 0.383. The van der Waals surface area contributed by atoms with Gasteiger partial charge in [0.05, 0.1) is 23.8 Å². The van der Waals surface area contributed by atoms with Gasteiger partial charge >= 0.3 is 5.97 Å². The lowest BCUT2D eigenvalue weighted by molar-refractivity contribution is -0.146. The molecule has 1 heterocycles. The lowest BCUT2D eigenvalue weighted by atomic mass is 9.87. The minimum absolute atomic E-state index is 0.0122. The average Bonchev–Trinajstić information content (AvgIpc) is 2.97. The lowest BCUT2D eigenvalue weighted by Crippen LogP contribution is -2.50. The second kappa shape index (κ2) is 11.9. The van der Waals surface area contributed by atoms with Gasteiger partial charge in [-0.2, -0.15) is 0 Å². The molecule has 0 fully saturated rings. The minimum Gasteiger partial charge on any atom is -0.496 e. The fraction of sp³-hybridized carbons (Fsp3) is 0.517. The van der Waals surface area contributed by atoms with Gasteiger partial charge in [-0.3, -0.25) is 10.1 Å². The number of fused-ring (bicyclic) bond motifs is 1. The lowest BCUT2D eigenvalue weighted by Gasteiger charge is -2.36. The summed E-state index contributed by atoms with van der Waals surface area (Å²) in [6.45, 7) is 6.96. The molecule has 0 aliphatic carbocycles. The number of methoxy groups -OCH3 is 1. The molecule has 0 saturated heterocycles. The molecule has 1 amide bonds. The molecule has 2 aromatic carbocycles. The molecule has 2 atom stereocenters. The number of hydrogen-bond acceptors (Lipinski definition) is 6. The van der Waals surface area contributed by atoms with Crippen LogP contribution in [0.3, 0.4) is 0 Å². The normalized spacial score (nSPS) is 20.7. The summed E-state index contributed by atoms with van der Waals surface area (Å²) < 4.78 is 33.5. The summed E-state index contributed by atoms with van der Waals surface area (Å²) in [5.41, 5.74) is 0.173. The van der Waals surface area contributed by atoms with Gasteiger partial charge in [-0.15, -0.1) is 0 Å². The first kappa shape index (κ1) is 29.6. The van der Waals surface area contributed by atoms with E-state index in [-0.39, 0.29) is 29.5 Å². The molecule has 1 aliphatic heterocycles. The number of carboxylic acid groups (broad SMARTS) is 1. The second-order valence-electron chi connectivity index (χ2n) is 10.7. The first-order valence-corrected chi connectivity index (χ1v) is 14.8. The highest BCUT2D eigenvalue weighted by atomic mass is 32.2. The Morgan fingerprint density at radius 3 is 2.45 bits per heavy atom. The van der Waals surface area contributed by atoms with Crippen molar-refractivity contribution in [1.29, 1.82) is 0 Å². The van der Waals surface area contributed by atoms with Crippen molar-refractivity contribution in [1.82, 2.24) is 10.6 Å². The molecule has 0 spiro atoms. The van der Waals surface area contributed by atoms with Gasteiger partial charge in [0.15, 0.2) is 9.84 Å². The van der Waals surface area contributed by atoms with Gasteiger partial charge in [0.1, 0.15) is 11.3 Å². The summed E-state index contributed by atoms with van der Waals surface area (Å²) in [5, 5.41) is 15.6. The fourth-order valence-electron chi connectivity index (χ4n) is 5.03. The third-order valence-corrected chi connectivity index (χ3v) is 9.36. The number of amides is 1. The Morgan fingerprint density at radius 1 is 1.18 bits per heavy atom. The molecule has 9 heteroatoms. The Morgan fingerprint density at radius 2 is 1.87 bits per heavy atom. The van der Waals surface area contributed by atoms with Crippen molar-refractivity contribution < 1.29 is 27.9 Å². The molecule has 3 N–H and O–H groups in total. The van der Waals surface area contributed by atoms with Gasteiger partial charge in [-0.1, -0.05) is 57.0 Å². The third-order valence-electron chi connectivity index (χ3n) is 7.40. The van der Waals surface area contributed by atoms with E-state index >= 15 is 0 Å². The van der Waals surface area contributed by atoms with Crippen LogP contribution in [0.5, 0.6) is 5.75 Å². The minimum atomic E-state index is -3.69. The topological polar surface area (TPSA) is 122 Å². The van der Waals surface area contributed by atoms with Crippen LogP contribution in [-0.2, 0) is 25.8 Å². The maximum Gasteiger partial charge on any atom is 0.328 e. The molecule has 0 aromatic heterocycles. The highest BCUT2D eigenvalue weighted by Crippen LogP contribution is 2.41. The Hall–Kier alpha value is -2.91. The zero-order chi connectivity index (χ0) is 28.1. The Labute approximate surface area is 226 Å². The van der Waals surface area contributed by atoms with Gasteiger partial charge in [-0.25, -0.2) is 13.2 Å². The summed E-state index contributed by atoms with van der Waals surface area (Å²) in [5.74, 6) is -1.11. The van der Waals surface area contributed by atoms with Crippen LogP contribution >= 0.6 is 0 Å². The number of unbranched alkanes of at least 4 members (excludes halogenated alkanes) is 1. The average molecular weight is 545 g/mol. The molecule has 0 radical (unpaired) electrons. The number of carbonyl (C=O) groups is 2. The predicted octanol–water partition coefficient (Wildman–Crippen LogP) is 4.41. The van der Waals surface area contributed by atoms with Crippen LogP contribution < -0.4 is 15.4 Å². The molecule has 3 rings (SSSR count). The van der Waals surface area contributed by atoms with Crippen LogP contribution in [0.1, 0.15) is 82.5 Å². The largest absolute Gasteiger partial charge is 0.496 e. The van der Waals surface area contributed by atoms with Crippen LogP contribution in [0, 0.1) is 0 Å². The van der Waals surface area contributed by atoms with E-state index in [1.54, 1.807) is 12.1 Å². The van der Waals surface area contributed by atoms with Crippen molar-refractivity contribution >= 4 is 21.7 Å². The van der Waals surface area contributed by atoms with Crippen molar-refractivity contribution in [3.05, 3.63) is 59.2 Å². The molecule has 0 unspecified atom stereocenters. The van der Waals surface area contributed by atoms with Gasteiger partial charge in [-0.05, 0) is 61.9 Å². The Bertz CT molecular complexity index is 1260.